The molecule has 0 aliphatic carbocycles. The van der Waals surface area contributed by atoms with Gasteiger partial charge in [0.25, 0.3) is 0 Å². The van der Waals surface area contributed by atoms with E-state index in [0.717, 1.165) is 38.2 Å². The average molecular weight is 260 g/mol. The highest BCUT2D eigenvalue weighted by Crippen LogP contribution is 2.26. The molecule has 0 aromatic carbocycles. The minimum absolute atomic E-state index is 0.215. The van der Waals surface area contributed by atoms with Crippen molar-refractivity contribution in [2.75, 3.05) is 18.8 Å². The molecule has 3 rings (SSSR count). The molecular formula is C14H20N4O. The van der Waals surface area contributed by atoms with Crippen molar-refractivity contribution in [3.8, 4) is 0 Å². The molecule has 102 valence electrons. The number of hydrogen-bond donors (Lipinski definition) is 2. The highest BCUT2D eigenvalue weighted by Gasteiger charge is 2.33. The van der Waals surface area contributed by atoms with Crippen molar-refractivity contribution in [3.05, 3.63) is 23.9 Å². The number of carbonyl (C=O) groups excluding carboxylic acids is 1. The number of carbonyl (C=O) groups is 1. The Labute approximate surface area is 113 Å². The van der Waals surface area contributed by atoms with Gasteiger partial charge in [0, 0.05) is 32.1 Å². The molecule has 0 radical (unpaired) electrons. The zero-order valence-corrected chi connectivity index (χ0v) is 11.0. The number of nitrogens with two attached hydrogens (primary N) is 1. The van der Waals surface area contributed by atoms with Gasteiger partial charge in [-0.3, -0.25) is 9.69 Å². The number of aromatic nitrogens is 1. The van der Waals surface area contributed by atoms with Gasteiger partial charge in [0.2, 0.25) is 5.91 Å². The summed E-state index contributed by atoms with van der Waals surface area (Å²) in [4.78, 5) is 18.1. The Bertz CT molecular complexity index is 476. The molecular weight excluding hydrogens is 240 g/mol. The molecule has 2 aliphatic rings. The second-order valence-corrected chi connectivity index (χ2v) is 5.55. The molecule has 2 atom stereocenters. The maximum atomic E-state index is 11.4. The molecule has 1 aromatic rings. The smallest absolute Gasteiger partial charge is 0.220 e. The lowest BCUT2D eigenvalue weighted by Gasteiger charge is -2.41. The van der Waals surface area contributed by atoms with Gasteiger partial charge in [-0.1, -0.05) is 6.07 Å². The summed E-state index contributed by atoms with van der Waals surface area (Å²) in [6, 6.07) is 6.16. The fourth-order valence-corrected chi connectivity index (χ4v) is 3.14. The normalized spacial score (nSPS) is 27.7. The monoisotopic (exact) mass is 260 g/mol. The summed E-state index contributed by atoms with van der Waals surface area (Å²) in [5.74, 6) is 1.39. The number of nitrogens with zero attached hydrogens (tertiary/aromatic N) is 2. The zero-order valence-electron chi connectivity index (χ0n) is 11.0. The molecule has 1 aromatic heterocycles. The summed E-state index contributed by atoms with van der Waals surface area (Å²) in [6.07, 6.45) is 2.72. The Kier molecular flexibility index (Phi) is 3.38. The van der Waals surface area contributed by atoms with E-state index in [4.69, 9.17) is 5.73 Å². The number of rotatable bonds is 2. The maximum Gasteiger partial charge on any atom is 0.220 e. The largest absolute Gasteiger partial charge is 0.384 e. The number of pyridine rings is 1. The Hall–Kier alpha value is -1.62. The maximum absolute atomic E-state index is 11.4. The highest BCUT2D eigenvalue weighted by molar-refractivity contribution is 5.77. The van der Waals surface area contributed by atoms with E-state index in [1.165, 1.54) is 0 Å². The number of fused-ring (bicyclic) bond motifs is 1. The molecule has 19 heavy (non-hydrogen) atoms. The SMILES string of the molecule is Nc1cccc(CN2CCC3NC(=O)CCC3C2)n1. The first-order valence-electron chi connectivity index (χ1n) is 6.94. The van der Waals surface area contributed by atoms with Gasteiger partial charge in [-0.2, -0.15) is 0 Å². The van der Waals surface area contributed by atoms with Gasteiger partial charge in [0.05, 0.1) is 5.69 Å². The topological polar surface area (TPSA) is 71.2 Å². The standard InChI is InChI=1S/C14H20N4O/c15-13-3-1-2-11(16-13)9-18-7-6-12-10(8-18)4-5-14(19)17-12/h1-3,10,12H,4-9H2,(H2,15,16)(H,17,19). The fraction of sp³-hybridized carbons (Fsp3) is 0.571. The van der Waals surface area contributed by atoms with E-state index in [-0.39, 0.29) is 5.91 Å². The quantitative estimate of drug-likeness (QED) is 0.823. The van der Waals surface area contributed by atoms with E-state index in [9.17, 15) is 4.79 Å². The van der Waals surface area contributed by atoms with Gasteiger partial charge in [0.1, 0.15) is 5.82 Å². The van der Waals surface area contributed by atoms with Gasteiger partial charge >= 0.3 is 0 Å². The predicted octanol–water partition coefficient (Wildman–Crippen LogP) is 0.764. The molecule has 2 saturated heterocycles. The van der Waals surface area contributed by atoms with E-state index >= 15 is 0 Å². The average Bonchev–Trinajstić information content (AvgIpc) is 2.39. The van der Waals surface area contributed by atoms with Crippen LogP contribution < -0.4 is 11.1 Å². The van der Waals surface area contributed by atoms with Crippen LogP contribution >= 0.6 is 0 Å². The minimum Gasteiger partial charge on any atom is -0.384 e. The number of likely N-dealkylation sites (tertiary alicyclic amines) is 1. The van der Waals surface area contributed by atoms with Crippen LogP contribution in [0.1, 0.15) is 25.0 Å². The van der Waals surface area contributed by atoms with Crippen LogP contribution in [-0.4, -0.2) is 34.9 Å². The van der Waals surface area contributed by atoms with Crippen LogP contribution in [0.4, 0.5) is 5.82 Å². The molecule has 2 unspecified atom stereocenters. The van der Waals surface area contributed by atoms with Crippen molar-refractivity contribution in [1.29, 1.82) is 0 Å². The van der Waals surface area contributed by atoms with Crippen molar-refractivity contribution in [3.63, 3.8) is 0 Å². The summed E-state index contributed by atoms with van der Waals surface area (Å²) in [7, 11) is 0. The van der Waals surface area contributed by atoms with Crippen LogP contribution in [0.25, 0.3) is 0 Å². The third kappa shape index (κ3) is 2.87. The Morgan fingerprint density at radius 1 is 1.42 bits per heavy atom. The zero-order chi connectivity index (χ0) is 13.2. The fourth-order valence-electron chi connectivity index (χ4n) is 3.14. The van der Waals surface area contributed by atoms with E-state index in [0.29, 0.717) is 24.2 Å². The van der Waals surface area contributed by atoms with Crippen molar-refractivity contribution in [1.82, 2.24) is 15.2 Å². The number of piperidine rings is 2. The van der Waals surface area contributed by atoms with Gasteiger partial charge in [-0.25, -0.2) is 4.98 Å². The molecule has 5 nitrogen and oxygen atoms in total. The summed E-state index contributed by atoms with van der Waals surface area (Å²) in [5, 5.41) is 3.11. The van der Waals surface area contributed by atoms with E-state index in [1.54, 1.807) is 0 Å². The summed E-state index contributed by atoms with van der Waals surface area (Å²) in [5.41, 5.74) is 6.73. The first kappa shape index (κ1) is 12.4. The van der Waals surface area contributed by atoms with Crippen molar-refractivity contribution in [2.45, 2.75) is 31.8 Å². The van der Waals surface area contributed by atoms with Gasteiger partial charge in [-0.05, 0) is 30.9 Å². The molecule has 2 aliphatic heterocycles. The molecule has 5 heteroatoms. The van der Waals surface area contributed by atoms with Crippen molar-refractivity contribution < 1.29 is 4.79 Å². The number of anilines is 1. The Morgan fingerprint density at radius 3 is 3.16 bits per heavy atom. The number of hydrogen-bond acceptors (Lipinski definition) is 4. The van der Waals surface area contributed by atoms with E-state index < -0.39 is 0 Å². The van der Waals surface area contributed by atoms with E-state index in [1.807, 2.05) is 18.2 Å². The molecule has 2 fully saturated rings. The van der Waals surface area contributed by atoms with Crippen LogP contribution in [0, 0.1) is 5.92 Å². The number of amides is 1. The lowest BCUT2D eigenvalue weighted by atomic mass is 9.85. The van der Waals surface area contributed by atoms with Crippen LogP contribution in [0.5, 0.6) is 0 Å². The second-order valence-electron chi connectivity index (χ2n) is 5.55. The summed E-state index contributed by atoms with van der Waals surface area (Å²) >= 11 is 0. The van der Waals surface area contributed by atoms with Crippen LogP contribution in [0.2, 0.25) is 0 Å². The van der Waals surface area contributed by atoms with E-state index in [2.05, 4.69) is 15.2 Å². The van der Waals surface area contributed by atoms with Crippen molar-refractivity contribution >= 4 is 11.7 Å². The molecule has 0 spiro atoms. The number of nitrogens with one attached hydrogen (secondary N) is 1. The predicted molar refractivity (Wildman–Crippen MR) is 73.2 cm³/mol. The van der Waals surface area contributed by atoms with Crippen molar-refractivity contribution in [2.24, 2.45) is 5.92 Å². The van der Waals surface area contributed by atoms with Gasteiger partial charge < -0.3 is 11.1 Å². The summed E-state index contributed by atoms with van der Waals surface area (Å²) in [6.45, 7) is 2.90. The lowest BCUT2D eigenvalue weighted by molar-refractivity contribution is -0.125. The number of nitrogen functional groups attached to an aromatic ring is 1. The molecule has 1 amide bonds. The third-order valence-electron chi connectivity index (χ3n) is 4.12. The van der Waals surface area contributed by atoms with Crippen LogP contribution in [0.15, 0.2) is 18.2 Å². The molecule has 0 saturated carbocycles. The lowest BCUT2D eigenvalue weighted by Crippen LogP contribution is -2.53. The molecule has 3 N–H and O–H groups in total. The highest BCUT2D eigenvalue weighted by atomic mass is 16.1. The van der Waals surface area contributed by atoms with Crippen LogP contribution in [-0.2, 0) is 11.3 Å². The van der Waals surface area contributed by atoms with Gasteiger partial charge in [0.15, 0.2) is 0 Å². The summed E-state index contributed by atoms with van der Waals surface area (Å²) < 4.78 is 0. The van der Waals surface area contributed by atoms with Crippen LogP contribution in [0.3, 0.4) is 0 Å². The minimum atomic E-state index is 0.215. The third-order valence-corrected chi connectivity index (χ3v) is 4.12. The second kappa shape index (κ2) is 5.17. The molecule has 3 heterocycles. The Morgan fingerprint density at radius 2 is 2.32 bits per heavy atom. The molecule has 0 bridgehead atoms. The Balaban J connectivity index is 1.61. The first-order valence-corrected chi connectivity index (χ1v) is 6.94. The van der Waals surface area contributed by atoms with Gasteiger partial charge in [-0.15, -0.1) is 0 Å². The first-order chi connectivity index (χ1) is 9.20.